The number of sulfonamides is 1. The molecule has 2 aliphatic rings. The summed E-state index contributed by atoms with van der Waals surface area (Å²) in [7, 11) is -3.27. The largest absolute Gasteiger partial charge is 0.352 e. The van der Waals surface area contributed by atoms with Crippen LogP contribution in [0, 0.1) is 5.92 Å². The Balaban J connectivity index is 1.62. The van der Waals surface area contributed by atoms with Crippen molar-refractivity contribution in [2.45, 2.75) is 32.1 Å². The summed E-state index contributed by atoms with van der Waals surface area (Å²) >= 11 is 0. The second kappa shape index (κ2) is 7.74. The number of anilines is 1. The molecule has 0 radical (unpaired) electrons. The van der Waals surface area contributed by atoms with E-state index < -0.39 is 10.0 Å². The fourth-order valence-corrected chi connectivity index (χ4v) is 4.71. The molecule has 25 heavy (non-hydrogen) atoms. The molecule has 2 N–H and O–H groups in total. The summed E-state index contributed by atoms with van der Waals surface area (Å²) in [6, 6.07) is 5.32. The molecule has 138 valence electrons. The molecule has 0 spiro atoms. The van der Waals surface area contributed by atoms with E-state index in [0.717, 1.165) is 37.9 Å². The van der Waals surface area contributed by atoms with Gasteiger partial charge in [-0.25, -0.2) is 8.42 Å². The second-order valence-corrected chi connectivity index (χ2v) is 8.95. The molecule has 0 saturated carbocycles. The van der Waals surface area contributed by atoms with Crippen LogP contribution >= 0.6 is 0 Å². The summed E-state index contributed by atoms with van der Waals surface area (Å²) in [6.07, 6.45) is 6.23. The lowest BCUT2D eigenvalue weighted by molar-refractivity contribution is 0.0950. The standard InChI is InChI=1S/C18H27N3O3S/c1-25(23,24)21-11-3-5-15-12-16(6-7-17(15)21)18(22)20-10-8-14-4-2-9-19-13-14/h6-7,12,14,19H,2-5,8-11,13H2,1H3,(H,20,22). The summed E-state index contributed by atoms with van der Waals surface area (Å²) < 4.78 is 25.2. The number of hydrogen-bond acceptors (Lipinski definition) is 4. The van der Waals surface area contributed by atoms with Crippen LogP contribution < -0.4 is 14.9 Å². The number of carbonyl (C=O) groups is 1. The third-order valence-corrected chi connectivity index (χ3v) is 6.24. The van der Waals surface area contributed by atoms with E-state index in [4.69, 9.17) is 0 Å². The molecule has 2 heterocycles. The van der Waals surface area contributed by atoms with E-state index in [-0.39, 0.29) is 5.91 Å². The van der Waals surface area contributed by atoms with E-state index in [1.165, 1.54) is 23.4 Å². The first-order valence-corrected chi connectivity index (χ1v) is 10.9. The molecule has 6 nitrogen and oxygen atoms in total. The predicted molar refractivity (Wildman–Crippen MR) is 99.5 cm³/mol. The number of benzene rings is 1. The van der Waals surface area contributed by atoms with E-state index in [2.05, 4.69) is 10.6 Å². The van der Waals surface area contributed by atoms with Crippen LogP contribution in [0.5, 0.6) is 0 Å². The van der Waals surface area contributed by atoms with Gasteiger partial charge in [0.1, 0.15) is 0 Å². The van der Waals surface area contributed by atoms with Crippen molar-refractivity contribution in [3.63, 3.8) is 0 Å². The van der Waals surface area contributed by atoms with Gasteiger partial charge < -0.3 is 10.6 Å². The van der Waals surface area contributed by atoms with Gasteiger partial charge in [0.15, 0.2) is 0 Å². The molecule has 1 fully saturated rings. The fourth-order valence-electron chi connectivity index (χ4n) is 3.71. The molecule has 1 aromatic rings. The van der Waals surface area contributed by atoms with Gasteiger partial charge in [-0.3, -0.25) is 9.10 Å². The predicted octanol–water partition coefficient (Wildman–Crippen LogP) is 1.52. The van der Waals surface area contributed by atoms with Crippen molar-refractivity contribution in [2.75, 3.05) is 36.7 Å². The quantitative estimate of drug-likeness (QED) is 0.829. The van der Waals surface area contributed by atoms with Crippen LogP contribution in [-0.4, -0.2) is 46.8 Å². The lowest BCUT2D eigenvalue weighted by atomic mass is 9.96. The highest BCUT2D eigenvalue weighted by Gasteiger charge is 2.24. The number of carbonyl (C=O) groups excluding carboxylic acids is 1. The lowest BCUT2D eigenvalue weighted by Crippen LogP contribution is -2.35. The molecule has 3 rings (SSSR count). The normalized spacial score (nSPS) is 20.8. The van der Waals surface area contributed by atoms with Gasteiger partial charge in [0, 0.05) is 18.7 Å². The summed E-state index contributed by atoms with van der Waals surface area (Å²) in [5.41, 5.74) is 2.25. The smallest absolute Gasteiger partial charge is 0.251 e. The highest BCUT2D eigenvalue weighted by atomic mass is 32.2. The van der Waals surface area contributed by atoms with Gasteiger partial charge >= 0.3 is 0 Å². The van der Waals surface area contributed by atoms with Crippen LogP contribution in [0.4, 0.5) is 5.69 Å². The van der Waals surface area contributed by atoms with Crippen LogP contribution in [0.1, 0.15) is 41.6 Å². The van der Waals surface area contributed by atoms with Crippen molar-refractivity contribution in [3.8, 4) is 0 Å². The third kappa shape index (κ3) is 4.52. The molecule has 0 bridgehead atoms. The number of rotatable bonds is 5. The Kier molecular flexibility index (Phi) is 5.64. The maximum Gasteiger partial charge on any atom is 0.251 e. The van der Waals surface area contributed by atoms with Crippen molar-refractivity contribution in [1.82, 2.24) is 10.6 Å². The zero-order valence-corrected chi connectivity index (χ0v) is 15.6. The topological polar surface area (TPSA) is 78.5 Å². The molecule has 7 heteroatoms. The van der Waals surface area contributed by atoms with Gasteiger partial charge in [0.05, 0.1) is 11.9 Å². The van der Waals surface area contributed by atoms with Gasteiger partial charge in [0.2, 0.25) is 10.0 Å². The maximum atomic E-state index is 12.4. The zero-order valence-electron chi connectivity index (χ0n) is 14.8. The number of nitrogens with zero attached hydrogens (tertiary/aromatic N) is 1. The molecule has 1 saturated heterocycles. The number of hydrogen-bond donors (Lipinski definition) is 2. The van der Waals surface area contributed by atoms with Gasteiger partial charge in [0.25, 0.3) is 5.91 Å². The minimum Gasteiger partial charge on any atom is -0.352 e. The van der Waals surface area contributed by atoms with Gasteiger partial charge in [-0.15, -0.1) is 0 Å². The van der Waals surface area contributed by atoms with Crippen molar-refractivity contribution in [2.24, 2.45) is 5.92 Å². The number of fused-ring (bicyclic) bond motifs is 1. The van der Waals surface area contributed by atoms with Crippen LogP contribution in [0.15, 0.2) is 18.2 Å². The summed E-state index contributed by atoms with van der Waals surface area (Å²) in [5.74, 6) is 0.559. The monoisotopic (exact) mass is 365 g/mol. The van der Waals surface area contributed by atoms with Crippen LogP contribution in [0.25, 0.3) is 0 Å². The first-order valence-electron chi connectivity index (χ1n) is 9.05. The van der Waals surface area contributed by atoms with Gasteiger partial charge in [-0.2, -0.15) is 0 Å². The number of aryl methyl sites for hydroxylation is 1. The van der Waals surface area contributed by atoms with Crippen LogP contribution in [0.3, 0.4) is 0 Å². The molecule has 0 aromatic heterocycles. The SMILES string of the molecule is CS(=O)(=O)N1CCCc2cc(C(=O)NCCC3CCCNC3)ccc21. The Morgan fingerprint density at radius 2 is 2.20 bits per heavy atom. The fraction of sp³-hybridized carbons (Fsp3) is 0.611. The van der Waals surface area contributed by atoms with Crippen molar-refractivity contribution >= 4 is 21.6 Å². The molecule has 1 unspecified atom stereocenters. The number of amides is 1. The van der Waals surface area contributed by atoms with Crippen molar-refractivity contribution in [3.05, 3.63) is 29.3 Å². The minimum atomic E-state index is -3.27. The first-order chi connectivity index (χ1) is 11.9. The van der Waals surface area contributed by atoms with E-state index in [0.29, 0.717) is 30.3 Å². The Morgan fingerprint density at radius 1 is 1.36 bits per heavy atom. The van der Waals surface area contributed by atoms with Crippen molar-refractivity contribution in [1.29, 1.82) is 0 Å². The molecular weight excluding hydrogens is 338 g/mol. The number of nitrogens with one attached hydrogen (secondary N) is 2. The summed E-state index contributed by atoms with van der Waals surface area (Å²) in [6.45, 7) is 3.32. The van der Waals surface area contributed by atoms with E-state index in [1.54, 1.807) is 12.1 Å². The van der Waals surface area contributed by atoms with Crippen LogP contribution in [-0.2, 0) is 16.4 Å². The Bertz CT molecular complexity index is 727. The summed E-state index contributed by atoms with van der Waals surface area (Å²) in [5, 5.41) is 6.38. The second-order valence-electron chi connectivity index (χ2n) is 7.04. The van der Waals surface area contributed by atoms with E-state index >= 15 is 0 Å². The molecule has 1 amide bonds. The number of piperidine rings is 1. The molecule has 2 aliphatic heterocycles. The maximum absolute atomic E-state index is 12.4. The highest BCUT2D eigenvalue weighted by Crippen LogP contribution is 2.29. The molecule has 1 aromatic carbocycles. The Morgan fingerprint density at radius 3 is 2.92 bits per heavy atom. The minimum absolute atomic E-state index is 0.0805. The Hall–Kier alpha value is -1.60. The van der Waals surface area contributed by atoms with E-state index in [1.807, 2.05) is 6.07 Å². The molecular formula is C18H27N3O3S. The van der Waals surface area contributed by atoms with Gasteiger partial charge in [-0.1, -0.05) is 0 Å². The average molecular weight is 365 g/mol. The molecule has 0 aliphatic carbocycles. The lowest BCUT2D eigenvalue weighted by Gasteiger charge is -2.29. The highest BCUT2D eigenvalue weighted by molar-refractivity contribution is 7.92. The van der Waals surface area contributed by atoms with Crippen LogP contribution in [0.2, 0.25) is 0 Å². The summed E-state index contributed by atoms with van der Waals surface area (Å²) in [4.78, 5) is 12.4. The zero-order chi connectivity index (χ0) is 17.9. The third-order valence-electron chi connectivity index (χ3n) is 5.06. The Labute approximate surface area is 150 Å². The van der Waals surface area contributed by atoms with Crippen molar-refractivity contribution < 1.29 is 13.2 Å². The average Bonchev–Trinajstić information content (AvgIpc) is 2.60. The molecule has 1 atom stereocenters. The first kappa shape index (κ1) is 18.2. The van der Waals surface area contributed by atoms with Gasteiger partial charge in [-0.05, 0) is 74.9 Å². The van der Waals surface area contributed by atoms with E-state index in [9.17, 15) is 13.2 Å².